The van der Waals surface area contributed by atoms with Crippen molar-refractivity contribution in [2.24, 2.45) is 5.92 Å². The van der Waals surface area contributed by atoms with E-state index >= 15 is 0 Å². The molecule has 2 aromatic carbocycles. The van der Waals surface area contributed by atoms with Gasteiger partial charge in [-0.2, -0.15) is 0 Å². The number of benzene rings is 2. The summed E-state index contributed by atoms with van der Waals surface area (Å²) in [5.74, 6) is -3.64. The Hall–Kier alpha value is -3.98. The van der Waals surface area contributed by atoms with Crippen LogP contribution in [0.2, 0.25) is 0 Å². The van der Waals surface area contributed by atoms with Crippen LogP contribution in [0.4, 0.5) is 0 Å². The van der Waals surface area contributed by atoms with E-state index in [4.69, 9.17) is 19.7 Å². The van der Waals surface area contributed by atoms with Crippen LogP contribution in [0.25, 0.3) is 0 Å². The summed E-state index contributed by atoms with van der Waals surface area (Å²) in [4.78, 5) is 46.9. The Morgan fingerprint density at radius 2 is 1.50 bits per heavy atom. The first-order valence-corrected chi connectivity index (χ1v) is 11.6. The molecular weight excluding hydrogens is 466 g/mol. The maximum Gasteiger partial charge on any atom is 0.338 e. The number of carbonyl (C=O) groups excluding carboxylic acids is 2. The number of rotatable bonds is 7. The van der Waals surface area contributed by atoms with Crippen LogP contribution in [0.1, 0.15) is 35.2 Å². The number of hydrogen-bond donors (Lipinski definition) is 2. The van der Waals surface area contributed by atoms with E-state index in [-0.39, 0.29) is 24.6 Å². The van der Waals surface area contributed by atoms with E-state index in [0.717, 1.165) is 18.4 Å². The van der Waals surface area contributed by atoms with Crippen LogP contribution in [-0.4, -0.2) is 64.2 Å². The quantitative estimate of drug-likeness (QED) is 0.439. The van der Waals surface area contributed by atoms with Gasteiger partial charge in [0, 0.05) is 30.7 Å². The standard InChI is InChI=1S/C23H25NO4.C4H4O4/c1-24-18-12-13-19(24)21(23(26)27-15-16-8-4-2-5-9-16)20(14-18)28-22(25)17-10-6-3-7-11-17;5-3(6)1-2-4(7)8/h2-11,18-21H,12-15H2,1H3;1-2H,(H,5,6)(H,7,8)/b;2-1+/t18-,19?,20+,21?;/m1./s1. The highest BCUT2D eigenvalue weighted by molar-refractivity contribution is 5.90. The summed E-state index contributed by atoms with van der Waals surface area (Å²) in [5.41, 5.74) is 1.45. The zero-order valence-electron chi connectivity index (χ0n) is 19.9. The first-order chi connectivity index (χ1) is 17.3. The Balaban J connectivity index is 0.000000392. The molecule has 2 aliphatic heterocycles. The lowest BCUT2D eigenvalue weighted by molar-refractivity contribution is -0.160. The molecule has 0 aliphatic carbocycles. The minimum absolute atomic E-state index is 0.0515. The Morgan fingerprint density at radius 3 is 2.08 bits per heavy atom. The topological polar surface area (TPSA) is 130 Å². The highest BCUT2D eigenvalue weighted by Crippen LogP contribution is 2.40. The van der Waals surface area contributed by atoms with Gasteiger partial charge < -0.3 is 19.7 Å². The summed E-state index contributed by atoms with van der Waals surface area (Å²) in [7, 11) is 2.05. The lowest BCUT2D eigenvalue weighted by atomic mass is 9.87. The monoisotopic (exact) mass is 495 g/mol. The van der Waals surface area contributed by atoms with E-state index in [1.807, 2.05) is 36.4 Å². The van der Waals surface area contributed by atoms with Crippen LogP contribution in [0.5, 0.6) is 0 Å². The number of piperidine rings is 1. The largest absolute Gasteiger partial charge is 0.478 e. The van der Waals surface area contributed by atoms with Crippen molar-refractivity contribution in [2.75, 3.05) is 7.05 Å². The fraction of sp³-hybridized carbons (Fsp3) is 0.333. The molecule has 190 valence electrons. The number of hydrogen-bond acceptors (Lipinski definition) is 7. The minimum atomic E-state index is -1.26. The molecule has 2 saturated heterocycles. The lowest BCUT2D eigenvalue weighted by Crippen LogP contribution is -2.53. The second-order valence-corrected chi connectivity index (χ2v) is 8.64. The van der Waals surface area contributed by atoms with Gasteiger partial charge in [-0.05, 0) is 37.6 Å². The SMILES string of the molecule is CN1C2CC[C@@H]1C[C@H](OC(=O)c1ccccc1)C2C(=O)OCc1ccccc1.O=C(O)/C=C/C(=O)O. The van der Waals surface area contributed by atoms with E-state index in [1.54, 1.807) is 24.3 Å². The van der Waals surface area contributed by atoms with Crippen molar-refractivity contribution < 1.29 is 38.9 Å². The Labute approximate surface area is 208 Å². The molecule has 0 aromatic heterocycles. The predicted octanol–water partition coefficient (Wildman–Crippen LogP) is 3.15. The summed E-state index contributed by atoms with van der Waals surface area (Å²) < 4.78 is 11.5. The number of carboxylic acid groups (broad SMARTS) is 2. The summed E-state index contributed by atoms with van der Waals surface area (Å²) >= 11 is 0. The third kappa shape index (κ3) is 7.26. The van der Waals surface area contributed by atoms with Crippen molar-refractivity contribution in [1.29, 1.82) is 0 Å². The normalized spacial score (nSPS) is 22.8. The molecule has 9 heteroatoms. The summed E-state index contributed by atoms with van der Waals surface area (Å²) in [6.45, 7) is 0.232. The van der Waals surface area contributed by atoms with Gasteiger partial charge in [-0.25, -0.2) is 14.4 Å². The molecule has 0 spiro atoms. The van der Waals surface area contributed by atoms with Gasteiger partial charge in [-0.3, -0.25) is 9.69 Å². The molecule has 2 aromatic rings. The number of esters is 2. The molecule has 2 heterocycles. The number of carboxylic acids is 2. The van der Waals surface area contributed by atoms with Crippen LogP contribution in [0.15, 0.2) is 72.8 Å². The molecule has 2 aliphatic rings. The first kappa shape index (κ1) is 26.6. The van der Waals surface area contributed by atoms with Gasteiger partial charge in [0.1, 0.15) is 18.6 Å². The predicted molar refractivity (Wildman–Crippen MR) is 129 cm³/mol. The van der Waals surface area contributed by atoms with Crippen LogP contribution in [-0.2, 0) is 30.5 Å². The maximum atomic E-state index is 13.0. The lowest BCUT2D eigenvalue weighted by Gasteiger charge is -2.40. The van der Waals surface area contributed by atoms with E-state index < -0.39 is 24.0 Å². The average molecular weight is 496 g/mol. The van der Waals surface area contributed by atoms with Crippen LogP contribution in [0.3, 0.4) is 0 Å². The van der Waals surface area contributed by atoms with Gasteiger partial charge >= 0.3 is 23.9 Å². The van der Waals surface area contributed by atoms with Crippen molar-refractivity contribution in [3.63, 3.8) is 0 Å². The van der Waals surface area contributed by atoms with Crippen molar-refractivity contribution >= 4 is 23.9 Å². The van der Waals surface area contributed by atoms with E-state index in [2.05, 4.69) is 11.9 Å². The number of ether oxygens (including phenoxy) is 2. The fourth-order valence-corrected chi connectivity index (χ4v) is 4.60. The molecule has 0 amide bonds. The molecule has 0 saturated carbocycles. The molecule has 2 bridgehead atoms. The Bertz CT molecular complexity index is 1070. The minimum Gasteiger partial charge on any atom is -0.478 e. The molecule has 2 fully saturated rings. The number of nitrogens with zero attached hydrogens (tertiary/aromatic N) is 1. The van der Waals surface area contributed by atoms with Gasteiger partial charge in [0.2, 0.25) is 0 Å². The van der Waals surface area contributed by atoms with Gasteiger partial charge in [-0.1, -0.05) is 48.5 Å². The van der Waals surface area contributed by atoms with Gasteiger partial charge in [0.15, 0.2) is 0 Å². The zero-order chi connectivity index (χ0) is 26.1. The number of fused-ring (bicyclic) bond motifs is 2. The van der Waals surface area contributed by atoms with E-state index in [9.17, 15) is 19.2 Å². The molecule has 9 nitrogen and oxygen atoms in total. The fourth-order valence-electron chi connectivity index (χ4n) is 4.60. The smallest absolute Gasteiger partial charge is 0.338 e. The number of carbonyl (C=O) groups is 4. The van der Waals surface area contributed by atoms with Crippen molar-refractivity contribution in [3.05, 3.63) is 83.9 Å². The Kier molecular flexibility index (Phi) is 9.35. The highest BCUT2D eigenvalue weighted by atomic mass is 16.6. The van der Waals surface area contributed by atoms with Crippen LogP contribution < -0.4 is 0 Å². The maximum absolute atomic E-state index is 13.0. The molecule has 2 N–H and O–H groups in total. The molecule has 0 radical (unpaired) electrons. The molecule has 36 heavy (non-hydrogen) atoms. The highest BCUT2D eigenvalue weighted by Gasteiger charge is 2.51. The van der Waals surface area contributed by atoms with Gasteiger partial charge in [0.25, 0.3) is 0 Å². The zero-order valence-corrected chi connectivity index (χ0v) is 19.9. The van der Waals surface area contributed by atoms with Crippen LogP contribution in [0, 0.1) is 5.92 Å². The average Bonchev–Trinajstić information content (AvgIpc) is 3.10. The third-order valence-corrected chi connectivity index (χ3v) is 6.35. The molecule has 2 unspecified atom stereocenters. The van der Waals surface area contributed by atoms with E-state index in [0.29, 0.717) is 30.2 Å². The second kappa shape index (κ2) is 12.6. The summed E-state index contributed by atoms with van der Waals surface area (Å²) in [6.07, 6.45) is 3.26. The van der Waals surface area contributed by atoms with Gasteiger partial charge in [-0.15, -0.1) is 0 Å². The van der Waals surface area contributed by atoms with E-state index in [1.165, 1.54) is 0 Å². The van der Waals surface area contributed by atoms with Crippen LogP contribution >= 0.6 is 0 Å². The molecular formula is C27H29NO8. The van der Waals surface area contributed by atoms with Crippen molar-refractivity contribution in [2.45, 2.75) is 44.1 Å². The third-order valence-electron chi connectivity index (χ3n) is 6.35. The number of aliphatic carboxylic acids is 2. The first-order valence-electron chi connectivity index (χ1n) is 11.6. The molecule has 4 rings (SSSR count). The van der Waals surface area contributed by atoms with Crippen molar-refractivity contribution in [3.8, 4) is 0 Å². The Morgan fingerprint density at radius 1 is 0.917 bits per heavy atom. The second-order valence-electron chi connectivity index (χ2n) is 8.64. The summed E-state index contributed by atoms with van der Waals surface area (Å²) in [5, 5.41) is 15.6. The summed E-state index contributed by atoms with van der Waals surface area (Å²) in [6, 6.07) is 19.0. The van der Waals surface area contributed by atoms with Gasteiger partial charge in [0.05, 0.1) is 5.56 Å². The molecule has 4 atom stereocenters. The van der Waals surface area contributed by atoms with Crippen molar-refractivity contribution in [1.82, 2.24) is 4.90 Å².